The second-order valence-corrected chi connectivity index (χ2v) is 4.59. The number of nitrogens with one attached hydrogen (secondary N) is 1. The molecule has 0 spiro atoms. The van der Waals surface area contributed by atoms with Crippen LogP contribution in [0, 0.1) is 0 Å². The summed E-state index contributed by atoms with van der Waals surface area (Å²) in [4.78, 5) is 25.4. The van der Waals surface area contributed by atoms with E-state index in [1.54, 1.807) is 4.90 Å². The molecular formula is C14H18N2O2. The van der Waals surface area contributed by atoms with Crippen LogP contribution >= 0.6 is 0 Å². The topological polar surface area (TPSA) is 49.4 Å². The minimum absolute atomic E-state index is 0.0281. The van der Waals surface area contributed by atoms with Crippen LogP contribution in [0.3, 0.4) is 0 Å². The van der Waals surface area contributed by atoms with Gasteiger partial charge in [0.2, 0.25) is 11.8 Å². The van der Waals surface area contributed by atoms with Crippen molar-refractivity contribution in [2.24, 2.45) is 0 Å². The van der Waals surface area contributed by atoms with Crippen molar-refractivity contribution in [1.82, 2.24) is 10.2 Å². The molecule has 1 aromatic carbocycles. The summed E-state index contributed by atoms with van der Waals surface area (Å²) >= 11 is 0. The summed E-state index contributed by atoms with van der Waals surface area (Å²) in [5.74, 6) is -0.0377. The normalized spacial score (nSPS) is 19.8. The quantitative estimate of drug-likeness (QED) is 0.871. The summed E-state index contributed by atoms with van der Waals surface area (Å²) < 4.78 is 0. The summed E-state index contributed by atoms with van der Waals surface area (Å²) in [6.07, 6.45) is 1.59. The Hall–Kier alpha value is -1.84. The third kappa shape index (κ3) is 2.88. The van der Waals surface area contributed by atoms with E-state index in [-0.39, 0.29) is 24.4 Å². The summed E-state index contributed by atoms with van der Waals surface area (Å²) in [5, 5.41) is 2.75. The number of nitrogens with zero attached hydrogens (tertiary/aromatic N) is 1. The monoisotopic (exact) mass is 246 g/mol. The first-order chi connectivity index (χ1) is 8.70. The zero-order valence-corrected chi connectivity index (χ0v) is 10.6. The molecule has 0 aliphatic carbocycles. The van der Waals surface area contributed by atoms with Crippen molar-refractivity contribution < 1.29 is 9.59 Å². The maximum Gasteiger partial charge on any atom is 0.245 e. The number of piperazine rings is 1. The van der Waals surface area contributed by atoms with Crippen LogP contribution < -0.4 is 5.32 Å². The first kappa shape index (κ1) is 12.6. The molecule has 0 saturated carbocycles. The summed E-state index contributed by atoms with van der Waals surface area (Å²) in [6, 6.07) is 9.40. The van der Waals surface area contributed by atoms with E-state index in [9.17, 15) is 9.59 Å². The molecule has 0 aromatic heterocycles. The molecule has 2 rings (SSSR count). The van der Waals surface area contributed by atoms with Crippen molar-refractivity contribution in [3.8, 4) is 0 Å². The van der Waals surface area contributed by atoms with E-state index in [0.717, 1.165) is 12.0 Å². The summed E-state index contributed by atoms with van der Waals surface area (Å²) in [6.45, 7) is 2.68. The van der Waals surface area contributed by atoms with Crippen molar-refractivity contribution in [1.29, 1.82) is 0 Å². The lowest BCUT2D eigenvalue weighted by atomic mass is 10.1. The number of hydrogen-bond donors (Lipinski definition) is 1. The van der Waals surface area contributed by atoms with Gasteiger partial charge in [0, 0.05) is 6.54 Å². The number of carbonyl (C=O) groups excluding carboxylic acids is 2. The fraction of sp³-hybridized carbons (Fsp3) is 0.429. The molecule has 1 saturated heterocycles. The third-order valence-electron chi connectivity index (χ3n) is 3.07. The molecule has 1 aliphatic heterocycles. The molecule has 4 nitrogen and oxygen atoms in total. The largest absolute Gasteiger partial charge is 0.343 e. The van der Waals surface area contributed by atoms with Gasteiger partial charge in [0.25, 0.3) is 0 Å². The average Bonchev–Trinajstić information content (AvgIpc) is 2.36. The van der Waals surface area contributed by atoms with Crippen LogP contribution in [-0.4, -0.2) is 29.3 Å². The van der Waals surface area contributed by atoms with Crippen molar-refractivity contribution in [2.45, 2.75) is 32.4 Å². The van der Waals surface area contributed by atoms with Gasteiger partial charge in [-0.1, -0.05) is 43.7 Å². The molecule has 1 heterocycles. The van der Waals surface area contributed by atoms with Gasteiger partial charge in [-0.2, -0.15) is 0 Å². The lowest BCUT2D eigenvalue weighted by Crippen LogP contribution is -2.57. The molecule has 18 heavy (non-hydrogen) atoms. The molecule has 1 aromatic rings. The van der Waals surface area contributed by atoms with Gasteiger partial charge in [0.05, 0.1) is 6.54 Å². The Balaban J connectivity index is 2.07. The SMILES string of the molecule is CCC[C@H]1NC(=O)CN(Cc2ccccc2)C1=O. The van der Waals surface area contributed by atoms with Gasteiger partial charge in [-0.05, 0) is 12.0 Å². The van der Waals surface area contributed by atoms with Gasteiger partial charge in [0.15, 0.2) is 0 Å². The average molecular weight is 246 g/mol. The smallest absolute Gasteiger partial charge is 0.245 e. The van der Waals surface area contributed by atoms with E-state index in [0.29, 0.717) is 13.0 Å². The van der Waals surface area contributed by atoms with Crippen LogP contribution in [0.15, 0.2) is 30.3 Å². The molecule has 0 radical (unpaired) electrons. The van der Waals surface area contributed by atoms with Crippen molar-refractivity contribution in [2.75, 3.05) is 6.54 Å². The highest BCUT2D eigenvalue weighted by Gasteiger charge is 2.31. The van der Waals surface area contributed by atoms with Crippen molar-refractivity contribution in [3.05, 3.63) is 35.9 Å². The van der Waals surface area contributed by atoms with Crippen LogP contribution in [0.25, 0.3) is 0 Å². The first-order valence-corrected chi connectivity index (χ1v) is 6.32. The van der Waals surface area contributed by atoms with Gasteiger partial charge in [-0.3, -0.25) is 9.59 Å². The molecule has 0 unspecified atom stereocenters. The van der Waals surface area contributed by atoms with Gasteiger partial charge in [-0.25, -0.2) is 0 Å². The first-order valence-electron chi connectivity index (χ1n) is 6.32. The van der Waals surface area contributed by atoms with Gasteiger partial charge in [0.1, 0.15) is 6.04 Å². The molecule has 1 aliphatic rings. The standard InChI is InChI=1S/C14H18N2O2/c1-2-6-12-14(18)16(10-13(17)15-12)9-11-7-4-3-5-8-11/h3-5,7-8,12H,2,6,9-10H2,1H3,(H,15,17)/t12-/m1/s1. The second-order valence-electron chi connectivity index (χ2n) is 4.59. The Morgan fingerprint density at radius 3 is 2.67 bits per heavy atom. The molecule has 96 valence electrons. The van der Waals surface area contributed by atoms with E-state index >= 15 is 0 Å². The predicted octanol–water partition coefficient (Wildman–Crippen LogP) is 1.31. The predicted molar refractivity (Wildman–Crippen MR) is 68.7 cm³/mol. The number of rotatable bonds is 4. The Morgan fingerprint density at radius 1 is 1.28 bits per heavy atom. The van der Waals surface area contributed by atoms with E-state index in [4.69, 9.17) is 0 Å². The Morgan fingerprint density at radius 2 is 2.00 bits per heavy atom. The minimum Gasteiger partial charge on any atom is -0.343 e. The van der Waals surface area contributed by atoms with Crippen LogP contribution in [-0.2, 0) is 16.1 Å². The van der Waals surface area contributed by atoms with Gasteiger partial charge < -0.3 is 10.2 Å². The van der Waals surface area contributed by atoms with Gasteiger partial charge >= 0.3 is 0 Å². The Labute approximate surface area is 107 Å². The molecule has 2 amide bonds. The lowest BCUT2D eigenvalue weighted by molar-refractivity contribution is -0.145. The van der Waals surface area contributed by atoms with Gasteiger partial charge in [-0.15, -0.1) is 0 Å². The zero-order chi connectivity index (χ0) is 13.0. The van der Waals surface area contributed by atoms with E-state index < -0.39 is 0 Å². The van der Waals surface area contributed by atoms with E-state index in [1.165, 1.54) is 0 Å². The van der Waals surface area contributed by atoms with Crippen LogP contribution in [0.4, 0.5) is 0 Å². The van der Waals surface area contributed by atoms with Crippen molar-refractivity contribution in [3.63, 3.8) is 0 Å². The number of hydrogen-bond acceptors (Lipinski definition) is 2. The number of benzene rings is 1. The maximum atomic E-state index is 12.2. The van der Waals surface area contributed by atoms with Crippen LogP contribution in [0.5, 0.6) is 0 Å². The molecule has 1 atom stereocenters. The zero-order valence-electron chi connectivity index (χ0n) is 10.6. The lowest BCUT2D eigenvalue weighted by Gasteiger charge is -2.32. The van der Waals surface area contributed by atoms with Crippen molar-refractivity contribution >= 4 is 11.8 Å². The number of amides is 2. The maximum absolute atomic E-state index is 12.2. The second kappa shape index (κ2) is 5.67. The molecule has 1 fully saturated rings. The molecule has 0 bridgehead atoms. The Bertz CT molecular complexity index is 431. The fourth-order valence-corrected chi connectivity index (χ4v) is 2.20. The highest BCUT2D eigenvalue weighted by molar-refractivity contribution is 5.94. The summed E-state index contributed by atoms with van der Waals surface area (Å²) in [7, 11) is 0. The third-order valence-corrected chi connectivity index (χ3v) is 3.07. The fourth-order valence-electron chi connectivity index (χ4n) is 2.20. The van der Waals surface area contributed by atoms with Crippen LogP contribution in [0.1, 0.15) is 25.3 Å². The van der Waals surface area contributed by atoms with Crippen LogP contribution in [0.2, 0.25) is 0 Å². The minimum atomic E-state index is -0.347. The molecule has 4 heteroatoms. The van der Waals surface area contributed by atoms with E-state index in [2.05, 4.69) is 5.32 Å². The molecule has 1 N–H and O–H groups in total. The Kier molecular flexibility index (Phi) is 3.97. The summed E-state index contributed by atoms with van der Waals surface area (Å²) in [5.41, 5.74) is 1.05. The van der Waals surface area contributed by atoms with E-state index in [1.807, 2.05) is 37.3 Å². The number of carbonyl (C=O) groups is 2. The highest BCUT2D eigenvalue weighted by Crippen LogP contribution is 2.12. The molecular weight excluding hydrogens is 228 g/mol. The highest BCUT2D eigenvalue weighted by atomic mass is 16.2.